The fourth-order valence-corrected chi connectivity index (χ4v) is 9.42. The molecule has 0 aromatic carbocycles. The summed E-state index contributed by atoms with van der Waals surface area (Å²) in [5, 5.41) is 0. The van der Waals surface area contributed by atoms with Gasteiger partial charge in [-0.2, -0.15) is 0 Å². The molecule has 0 fully saturated rings. The first-order valence-corrected chi connectivity index (χ1v) is 9.85. The summed E-state index contributed by atoms with van der Waals surface area (Å²) >= 11 is 10.1. The Labute approximate surface area is 84.0 Å². The van der Waals surface area contributed by atoms with E-state index in [-0.39, 0.29) is 0 Å². The monoisotopic (exact) mass is 232 g/mol. The van der Waals surface area contributed by atoms with Crippen molar-refractivity contribution in [1.29, 1.82) is 0 Å². The van der Waals surface area contributed by atoms with Gasteiger partial charge in [0.15, 0.2) is 0 Å². The number of alkyl halides is 2. The molecule has 3 heteroatoms. The molecule has 0 atom stereocenters. The van der Waals surface area contributed by atoms with Crippen LogP contribution in [0.15, 0.2) is 0 Å². The van der Waals surface area contributed by atoms with E-state index >= 15 is 0 Å². The molecule has 0 amide bonds. The fraction of sp³-hybridized carbons (Fsp3) is 1.00. The predicted molar refractivity (Wildman–Crippen MR) is 52.0 cm³/mol. The molecule has 0 aromatic rings. The van der Waals surface area contributed by atoms with Crippen LogP contribution in [0.2, 0.25) is 18.9 Å². The Hall–Kier alpha value is 1.29. The number of rotatable bonds is 6. The molecule has 0 spiro atoms. The van der Waals surface area contributed by atoms with E-state index in [1.54, 1.807) is 0 Å². The van der Waals surface area contributed by atoms with Crippen LogP contribution < -0.4 is 0 Å². The van der Waals surface area contributed by atoms with Gasteiger partial charge in [-0.05, 0) is 0 Å². The first-order valence-electron chi connectivity index (χ1n) is 4.36. The van der Waals surface area contributed by atoms with E-state index in [1.807, 2.05) is 0 Å². The van der Waals surface area contributed by atoms with Crippen LogP contribution in [0.3, 0.4) is 0 Å². The molecule has 0 aliphatic rings. The number of hydrogen-bond donors (Lipinski definition) is 0. The number of halogens is 2. The van der Waals surface area contributed by atoms with Gasteiger partial charge in [0.1, 0.15) is 0 Å². The molecule has 0 aromatic heterocycles. The summed E-state index contributed by atoms with van der Waals surface area (Å²) in [5.74, 6) is 1.69. The van der Waals surface area contributed by atoms with Gasteiger partial charge in [0.25, 0.3) is 0 Å². The third-order valence-electron chi connectivity index (χ3n) is 2.75. The fourth-order valence-electron chi connectivity index (χ4n) is 1.48. The third kappa shape index (κ3) is 4.17. The van der Waals surface area contributed by atoms with E-state index < -0.39 is 16.6 Å². The van der Waals surface area contributed by atoms with Gasteiger partial charge < -0.3 is 0 Å². The van der Waals surface area contributed by atoms with E-state index in [9.17, 15) is 0 Å². The molecular weight excluding hydrogens is 215 g/mol. The van der Waals surface area contributed by atoms with Crippen LogP contribution in [-0.2, 0) is 16.6 Å². The van der Waals surface area contributed by atoms with Gasteiger partial charge in [-0.25, -0.2) is 0 Å². The third-order valence-corrected chi connectivity index (χ3v) is 12.9. The van der Waals surface area contributed by atoms with Gasteiger partial charge in [-0.1, -0.05) is 0 Å². The Kier molecular flexibility index (Phi) is 7.57. The quantitative estimate of drug-likeness (QED) is 0.473. The summed E-state index contributed by atoms with van der Waals surface area (Å²) < 4.78 is 5.36. The maximum absolute atomic E-state index is 5.78. The van der Waals surface area contributed by atoms with Crippen LogP contribution in [-0.4, -0.2) is 11.8 Å². The van der Waals surface area contributed by atoms with Gasteiger partial charge in [-0.3, -0.25) is 0 Å². The van der Waals surface area contributed by atoms with Crippen molar-refractivity contribution >= 4 is 23.2 Å². The van der Waals surface area contributed by atoms with Crippen molar-refractivity contribution in [3.8, 4) is 0 Å². The molecule has 0 aliphatic carbocycles. The average Bonchev–Trinajstić information content (AvgIpc) is 2.04. The van der Waals surface area contributed by atoms with Gasteiger partial charge in [0, 0.05) is 0 Å². The minimum absolute atomic E-state index is 0.846. The first kappa shape index (κ1) is 12.3. The van der Waals surface area contributed by atoms with Crippen LogP contribution in [0, 0.1) is 0 Å². The van der Waals surface area contributed by atoms with Gasteiger partial charge in [-0.15, -0.1) is 0 Å². The van der Waals surface area contributed by atoms with Crippen molar-refractivity contribution < 1.29 is 16.6 Å². The standard InChI is InChI=1S/2C2H4Cl.2C2H5.Ti/c2*1-2-3;2*1-2;/h2*1-2H2;2*1H2,2H3;. The Morgan fingerprint density at radius 3 is 1.45 bits per heavy atom. The van der Waals surface area contributed by atoms with Crippen molar-refractivity contribution in [2.24, 2.45) is 0 Å². The Morgan fingerprint density at radius 1 is 0.909 bits per heavy atom. The molecule has 0 aliphatic heterocycles. The second-order valence-electron chi connectivity index (χ2n) is 3.09. The van der Waals surface area contributed by atoms with Crippen molar-refractivity contribution in [3.63, 3.8) is 0 Å². The molecule has 68 valence electrons. The van der Waals surface area contributed by atoms with Crippen LogP contribution in [0.4, 0.5) is 0 Å². The molecule has 11 heavy (non-hydrogen) atoms. The normalized spacial score (nSPS) is 12.0. The van der Waals surface area contributed by atoms with Gasteiger partial charge >= 0.3 is 84.3 Å². The molecule has 0 N–H and O–H groups in total. The molecule has 0 saturated heterocycles. The van der Waals surface area contributed by atoms with Crippen LogP contribution in [0.25, 0.3) is 0 Å². The molecular formula is C8H18Cl2Ti. The van der Waals surface area contributed by atoms with E-state index in [0.717, 1.165) is 11.8 Å². The Morgan fingerprint density at radius 2 is 1.27 bits per heavy atom. The van der Waals surface area contributed by atoms with Gasteiger partial charge in [0.2, 0.25) is 0 Å². The molecule has 0 nitrogen and oxygen atoms in total. The summed E-state index contributed by atoms with van der Waals surface area (Å²) in [6, 6.07) is 0. The minimum atomic E-state index is -1.51. The second kappa shape index (κ2) is 6.77. The van der Waals surface area contributed by atoms with Crippen LogP contribution in [0.5, 0.6) is 0 Å². The van der Waals surface area contributed by atoms with Crippen molar-refractivity contribution in [2.75, 3.05) is 11.8 Å². The predicted octanol–water partition coefficient (Wildman–Crippen LogP) is 4.33. The topological polar surface area (TPSA) is 0 Å². The SMILES string of the molecule is C[CH2][Ti]([CH2]C)([CH2]CCl)[CH2]CCl. The van der Waals surface area contributed by atoms with Crippen LogP contribution >= 0.6 is 23.2 Å². The van der Waals surface area contributed by atoms with Crippen molar-refractivity contribution in [1.82, 2.24) is 0 Å². The summed E-state index contributed by atoms with van der Waals surface area (Å²) in [6.07, 6.45) is 0. The Balaban J connectivity index is 3.96. The number of hydrogen-bond acceptors (Lipinski definition) is 0. The maximum atomic E-state index is 5.78. The molecule has 0 unspecified atom stereocenters. The summed E-state index contributed by atoms with van der Waals surface area (Å²) in [7, 11) is 0. The summed E-state index contributed by atoms with van der Waals surface area (Å²) in [5.41, 5.74) is 0. The van der Waals surface area contributed by atoms with E-state index in [2.05, 4.69) is 13.8 Å². The molecule has 0 bridgehead atoms. The molecule has 0 rings (SSSR count). The van der Waals surface area contributed by atoms with E-state index in [1.165, 1.54) is 18.9 Å². The van der Waals surface area contributed by atoms with E-state index in [4.69, 9.17) is 23.2 Å². The van der Waals surface area contributed by atoms with Crippen molar-refractivity contribution in [3.05, 3.63) is 0 Å². The zero-order valence-electron chi connectivity index (χ0n) is 7.50. The van der Waals surface area contributed by atoms with E-state index in [0.29, 0.717) is 0 Å². The van der Waals surface area contributed by atoms with Crippen molar-refractivity contribution in [2.45, 2.75) is 32.7 Å². The van der Waals surface area contributed by atoms with Crippen LogP contribution in [0.1, 0.15) is 13.8 Å². The summed E-state index contributed by atoms with van der Waals surface area (Å²) in [6.45, 7) is 4.62. The van der Waals surface area contributed by atoms with Gasteiger partial charge in [0.05, 0.1) is 0 Å². The Bertz CT molecular complexity index is 84.1. The molecule has 0 radical (unpaired) electrons. The molecule has 0 saturated carbocycles. The second-order valence-corrected chi connectivity index (χ2v) is 12.3. The first-order chi connectivity index (χ1) is 5.24. The average molecular weight is 233 g/mol. The molecule has 0 heterocycles. The zero-order valence-corrected chi connectivity index (χ0v) is 10.6. The summed E-state index contributed by atoms with van der Waals surface area (Å²) in [4.78, 5) is 0. The zero-order chi connectivity index (χ0) is 8.74.